The second kappa shape index (κ2) is 3.72. The summed E-state index contributed by atoms with van der Waals surface area (Å²) in [5, 5.41) is 0. The molecule has 71 valence electrons. The van der Waals surface area contributed by atoms with Gasteiger partial charge in [0.05, 0.1) is 0 Å². The van der Waals surface area contributed by atoms with Crippen LogP contribution >= 0.6 is 0 Å². The quantitative estimate of drug-likeness (QED) is 0.732. The Hall–Kier alpha value is -0.677. The Bertz CT molecular complexity index is 492. The predicted octanol–water partition coefficient (Wildman–Crippen LogP) is 3.56. The summed E-state index contributed by atoms with van der Waals surface area (Å²) >= 11 is 1.59. The molecule has 1 heteroatoms. The van der Waals surface area contributed by atoms with Crippen molar-refractivity contribution in [2.24, 2.45) is 0 Å². The van der Waals surface area contributed by atoms with Crippen LogP contribution in [0.25, 0.3) is 6.08 Å². The van der Waals surface area contributed by atoms with Gasteiger partial charge in [-0.2, -0.15) is 0 Å². The van der Waals surface area contributed by atoms with Gasteiger partial charge in [0.2, 0.25) is 0 Å². The molecule has 3 rings (SSSR count). The maximum atomic E-state index is 2.37. The summed E-state index contributed by atoms with van der Waals surface area (Å²) < 4.78 is 0.652. The third kappa shape index (κ3) is 1.54. The molecule has 2 aliphatic carbocycles. The molecule has 0 aromatic heterocycles. The molecule has 0 saturated heterocycles. The topological polar surface area (TPSA) is 0 Å². The van der Waals surface area contributed by atoms with Gasteiger partial charge in [0.15, 0.2) is 0 Å². The minimum atomic E-state index is 0.652. The maximum absolute atomic E-state index is 2.37. The molecule has 0 amide bonds. The van der Waals surface area contributed by atoms with Gasteiger partial charge in [0.25, 0.3) is 0 Å². The van der Waals surface area contributed by atoms with E-state index in [0.29, 0.717) is 3.63 Å². The first-order valence-corrected chi connectivity index (χ1v) is 6.66. The Morgan fingerprint density at radius 3 is 2.80 bits per heavy atom. The number of hydrogen-bond donors (Lipinski definition) is 0. The molecule has 1 aromatic rings. The van der Waals surface area contributed by atoms with E-state index in [9.17, 15) is 0 Å². The van der Waals surface area contributed by atoms with Crippen LogP contribution in [0, 0.1) is 0 Å². The zero-order chi connectivity index (χ0) is 10.3. The molecular weight excluding hydrogens is 259 g/mol. The first kappa shape index (κ1) is 9.54. The monoisotopic (exact) mass is 269 g/mol. The molecule has 15 heavy (non-hydrogen) atoms. The van der Waals surface area contributed by atoms with Crippen molar-refractivity contribution in [3.05, 3.63) is 64.8 Å². The van der Waals surface area contributed by atoms with E-state index in [2.05, 4.69) is 48.6 Å². The number of hydrogen-bond acceptors (Lipinski definition) is 0. The fraction of sp³-hybridized carbons (Fsp3) is 0.143. The molecule has 0 heterocycles. The van der Waals surface area contributed by atoms with E-state index in [-0.39, 0.29) is 0 Å². The summed E-state index contributed by atoms with van der Waals surface area (Å²) in [4.78, 5) is 0. The normalized spacial score (nSPS) is 22.5. The third-order valence-electron chi connectivity index (χ3n) is 3.07. The summed E-state index contributed by atoms with van der Waals surface area (Å²) in [6.45, 7) is 0. The standard InChI is InChI=1S/C14H11.Zr/c1-2-6-11(5-1)14-9-12-7-3-4-8-13(12)10-14;/h1-5,7-10H,6H2;. The molecule has 2 aliphatic rings. The van der Waals surface area contributed by atoms with Crippen LogP contribution in [0.2, 0.25) is 0 Å². The van der Waals surface area contributed by atoms with E-state index in [1.54, 1.807) is 30.3 Å². The number of benzene rings is 1. The third-order valence-corrected chi connectivity index (χ3v) is 4.60. The van der Waals surface area contributed by atoms with E-state index >= 15 is 0 Å². The van der Waals surface area contributed by atoms with Gasteiger partial charge in [-0.05, 0) is 0 Å². The van der Waals surface area contributed by atoms with Crippen molar-refractivity contribution in [1.82, 2.24) is 0 Å². The Kier molecular flexibility index (Phi) is 2.37. The second-order valence-electron chi connectivity index (χ2n) is 3.99. The van der Waals surface area contributed by atoms with E-state index in [1.807, 2.05) is 0 Å². The van der Waals surface area contributed by atoms with Crippen LogP contribution in [0.3, 0.4) is 0 Å². The summed E-state index contributed by atoms with van der Waals surface area (Å²) in [6.07, 6.45) is 10.1. The number of fused-ring (bicyclic) bond motifs is 1. The van der Waals surface area contributed by atoms with Crippen LogP contribution < -0.4 is 0 Å². The van der Waals surface area contributed by atoms with Crippen molar-refractivity contribution in [1.29, 1.82) is 0 Å². The van der Waals surface area contributed by atoms with Gasteiger partial charge in [-0.1, -0.05) is 0 Å². The van der Waals surface area contributed by atoms with Gasteiger partial charge in [-0.3, -0.25) is 0 Å². The van der Waals surface area contributed by atoms with Gasteiger partial charge < -0.3 is 0 Å². The van der Waals surface area contributed by atoms with Crippen LogP contribution in [0.4, 0.5) is 0 Å². The van der Waals surface area contributed by atoms with Gasteiger partial charge in [0.1, 0.15) is 0 Å². The summed E-state index contributed by atoms with van der Waals surface area (Å²) in [5.41, 5.74) is 5.98. The van der Waals surface area contributed by atoms with Gasteiger partial charge in [0, 0.05) is 0 Å². The van der Waals surface area contributed by atoms with Crippen molar-refractivity contribution >= 4 is 6.08 Å². The minimum absolute atomic E-state index is 0.652. The summed E-state index contributed by atoms with van der Waals surface area (Å²) in [7, 11) is 0. The number of rotatable bonds is 1. The average molecular weight is 270 g/mol. The first-order chi connectivity index (χ1) is 7.36. The molecule has 1 unspecified atom stereocenters. The molecule has 0 N–H and O–H groups in total. The zero-order valence-electron chi connectivity index (χ0n) is 8.40. The van der Waals surface area contributed by atoms with E-state index < -0.39 is 0 Å². The SMILES string of the molecule is [Zr][CH]1C(C2=CC=CC2)=Cc2ccccc21. The Balaban J connectivity index is 2.03. The van der Waals surface area contributed by atoms with Crippen molar-refractivity contribution in [3.63, 3.8) is 0 Å². The van der Waals surface area contributed by atoms with Gasteiger partial charge in [-0.25, -0.2) is 0 Å². The van der Waals surface area contributed by atoms with Gasteiger partial charge in [-0.15, -0.1) is 0 Å². The van der Waals surface area contributed by atoms with E-state index in [0.717, 1.165) is 6.42 Å². The van der Waals surface area contributed by atoms with Crippen molar-refractivity contribution in [2.75, 3.05) is 0 Å². The Labute approximate surface area is 105 Å². The fourth-order valence-electron chi connectivity index (χ4n) is 2.26. The van der Waals surface area contributed by atoms with E-state index in [4.69, 9.17) is 0 Å². The van der Waals surface area contributed by atoms with Crippen molar-refractivity contribution in [3.8, 4) is 0 Å². The van der Waals surface area contributed by atoms with Gasteiger partial charge >= 0.3 is 106 Å². The molecule has 0 nitrogen and oxygen atoms in total. The molecule has 1 atom stereocenters. The molecule has 0 bridgehead atoms. The molecule has 0 radical (unpaired) electrons. The predicted molar refractivity (Wildman–Crippen MR) is 59.0 cm³/mol. The molecule has 0 saturated carbocycles. The molecular formula is C14H11Zr. The van der Waals surface area contributed by atoms with Crippen LogP contribution in [0.5, 0.6) is 0 Å². The molecule has 1 aromatic carbocycles. The first-order valence-electron chi connectivity index (χ1n) is 5.24. The number of allylic oxidation sites excluding steroid dienone is 5. The van der Waals surface area contributed by atoms with Crippen LogP contribution in [-0.4, -0.2) is 0 Å². The van der Waals surface area contributed by atoms with Crippen molar-refractivity contribution in [2.45, 2.75) is 10.0 Å². The van der Waals surface area contributed by atoms with Crippen LogP contribution in [0.1, 0.15) is 21.2 Å². The molecule has 0 aliphatic heterocycles. The Morgan fingerprint density at radius 2 is 2.07 bits per heavy atom. The zero-order valence-corrected chi connectivity index (χ0v) is 10.9. The molecule has 0 spiro atoms. The second-order valence-corrected chi connectivity index (χ2v) is 5.40. The van der Waals surface area contributed by atoms with Crippen LogP contribution in [-0.2, 0) is 24.7 Å². The summed E-state index contributed by atoms with van der Waals surface area (Å²) in [6, 6.07) is 8.76. The summed E-state index contributed by atoms with van der Waals surface area (Å²) in [5.74, 6) is 0. The average Bonchev–Trinajstić information content (AvgIpc) is 2.87. The van der Waals surface area contributed by atoms with Crippen molar-refractivity contribution < 1.29 is 24.7 Å². The molecule has 0 fully saturated rings. The fourth-order valence-corrected chi connectivity index (χ4v) is 3.57. The van der Waals surface area contributed by atoms with Crippen LogP contribution in [0.15, 0.2) is 53.6 Å². The Morgan fingerprint density at radius 1 is 1.20 bits per heavy atom. The van der Waals surface area contributed by atoms with E-state index in [1.165, 1.54) is 16.7 Å².